The molecule has 0 fully saturated rings. The Morgan fingerprint density at radius 2 is 1.71 bits per heavy atom. The topological polar surface area (TPSA) is 46.6 Å². The molecular formula is C19H20ClNO3. The van der Waals surface area contributed by atoms with E-state index in [0.717, 1.165) is 11.1 Å². The number of benzene rings is 2. The predicted molar refractivity (Wildman–Crippen MR) is 93.6 cm³/mol. The van der Waals surface area contributed by atoms with Crippen molar-refractivity contribution in [2.24, 2.45) is 0 Å². The molecule has 126 valence electrons. The number of carbonyl (C=O) groups is 2. The molecule has 0 radical (unpaired) electrons. The first-order chi connectivity index (χ1) is 11.6. The molecule has 0 atom stereocenters. The Morgan fingerprint density at radius 1 is 1.04 bits per heavy atom. The quantitative estimate of drug-likeness (QED) is 0.722. The van der Waals surface area contributed by atoms with Crippen LogP contribution in [-0.4, -0.2) is 30.4 Å². The van der Waals surface area contributed by atoms with Crippen LogP contribution in [0.5, 0.6) is 0 Å². The minimum Gasteiger partial charge on any atom is -0.469 e. The Labute approximate surface area is 147 Å². The Kier molecular flexibility index (Phi) is 6.82. The first-order valence-corrected chi connectivity index (χ1v) is 8.10. The van der Waals surface area contributed by atoms with Crippen LogP contribution in [0.15, 0.2) is 54.6 Å². The summed E-state index contributed by atoms with van der Waals surface area (Å²) in [5.74, 6) is -0.392. The van der Waals surface area contributed by atoms with Crippen LogP contribution in [0.1, 0.15) is 17.5 Å². The largest absolute Gasteiger partial charge is 0.469 e. The molecule has 2 aromatic rings. The van der Waals surface area contributed by atoms with E-state index >= 15 is 0 Å². The highest BCUT2D eigenvalue weighted by atomic mass is 35.5. The van der Waals surface area contributed by atoms with Crippen molar-refractivity contribution in [2.75, 3.05) is 13.7 Å². The third-order valence-corrected chi connectivity index (χ3v) is 4.05. The number of nitrogens with zero attached hydrogens (tertiary/aromatic N) is 1. The van der Waals surface area contributed by atoms with Gasteiger partial charge >= 0.3 is 5.97 Å². The van der Waals surface area contributed by atoms with Gasteiger partial charge in [0.1, 0.15) is 0 Å². The van der Waals surface area contributed by atoms with Gasteiger partial charge in [-0.1, -0.05) is 60.1 Å². The standard InChI is InChI=1S/C19H20ClNO3/c1-24-19(23)11-12-21(14-16-9-5-6-10-17(16)20)18(22)13-15-7-3-2-4-8-15/h2-10H,11-14H2,1H3. The van der Waals surface area contributed by atoms with Gasteiger partial charge in [0.05, 0.1) is 20.0 Å². The summed E-state index contributed by atoms with van der Waals surface area (Å²) < 4.78 is 4.67. The second kappa shape index (κ2) is 9.08. The average Bonchev–Trinajstić information content (AvgIpc) is 2.60. The summed E-state index contributed by atoms with van der Waals surface area (Å²) in [5.41, 5.74) is 1.79. The fourth-order valence-corrected chi connectivity index (χ4v) is 2.53. The summed E-state index contributed by atoms with van der Waals surface area (Å²) in [4.78, 5) is 25.7. The lowest BCUT2D eigenvalue weighted by Gasteiger charge is -2.23. The summed E-state index contributed by atoms with van der Waals surface area (Å²) in [7, 11) is 1.34. The molecule has 5 heteroatoms. The molecule has 0 heterocycles. The van der Waals surface area contributed by atoms with Gasteiger partial charge in [-0.15, -0.1) is 0 Å². The highest BCUT2D eigenvalue weighted by Gasteiger charge is 2.17. The van der Waals surface area contributed by atoms with Crippen LogP contribution in [0, 0.1) is 0 Å². The van der Waals surface area contributed by atoms with Gasteiger partial charge in [0, 0.05) is 18.1 Å². The van der Waals surface area contributed by atoms with Gasteiger partial charge in [-0.2, -0.15) is 0 Å². The molecule has 0 aromatic heterocycles. The van der Waals surface area contributed by atoms with Gasteiger partial charge in [0.25, 0.3) is 0 Å². The summed E-state index contributed by atoms with van der Waals surface area (Å²) in [6, 6.07) is 16.9. The number of hydrogen-bond donors (Lipinski definition) is 0. The predicted octanol–water partition coefficient (Wildman–Crippen LogP) is 3.47. The summed E-state index contributed by atoms with van der Waals surface area (Å²) in [5, 5.41) is 0.605. The minimum absolute atomic E-state index is 0.0509. The molecule has 0 aliphatic heterocycles. The molecule has 0 spiro atoms. The van der Waals surface area contributed by atoms with Crippen LogP contribution in [0.2, 0.25) is 5.02 Å². The van der Waals surface area contributed by atoms with Crippen LogP contribution < -0.4 is 0 Å². The van der Waals surface area contributed by atoms with Crippen molar-refractivity contribution in [3.8, 4) is 0 Å². The zero-order valence-electron chi connectivity index (χ0n) is 13.6. The number of carbonyl (C=O) groups excluding carboxylic acids is 2. The Bertz CT molecular complexity index is 688. The molecule has 2 aromatic carbocycles. The molecule has 0 N–H and O–H groups in total. The molecule has 0 bridgehead atoms. The molecule has 0 aliphatic rings. The molecule has 2 rings (SSSR count). The lowest BCUT2D eigenvalue weighted by Crippen LogP contribution is -2.34. The van der Waals surface area contributed by atoms with Crippen LogP contribution in [0.4, 0.5) is 0 Å². The van der Waals surface area contributed by atoms with Crippen LogP contribution in [0.3, 0.4) is 0 Å². The van der Waals surface area contributed by atoms with Crippen molar-refractivity contribution in [3.63, 3.8) is 0 Å². The SMILES string of the molecule is COC(=O)CCN(Cc1ccccc1Cl)C(=O)Cc1ccccc1. The molecule has 0 unspecified atom stereocenters. The second-order valence-corrected chi connectivity index (χ2v) is 5.80. The zero-order chi connectivity index (χ0) is 17.4. The second-order valence-electron chi connectivity index (χ2n) is 5.40. The molecule has 0 aliphatic carbocycles. The zero-order valence-corrected chi connectivity index (χ0v) is 14.3. The van der Waals surface area contributed by atoms with E-state index in [2.05, 4.69) is 4.74 Å². The van der Waals surface area contributed by atoms with Gasteiger partial charge < -0.3 is 9.64 Å². The van der Waals surface area contributed by atoms with E-state index < -0.39 is 0 Å². The normalized spacial score (nSPS) is 10.2. The molecule has 1 amide bonds. The number of rotatable bonds is 7. The number of methoxy groups -OCH3 is 1. The molecule has 24 heavy (non-hydrogen) atoms. The van der Waals surface area contributed by atoms with Crippen molar-refractivity contribution in [3.05, 3.63) is 70.7 Å². The van der Waals surface area contributed by atoms with Crippen molar-refractivity contribution < 1.29 is 14.3 Å². The molecular weight excluding hydrogens is 326 g/mol. The third-order valence-electron chi connectivity index (χ3n) is 3.68. The smallest absolute Gasteiger partial charge is 0.307 e. The van der Waals surface area contributed by atoms with Gasteiger partial charge in [-0.3, -0.25) is 9.59 Å². The first kappa shape index (κ1) is 18.0. The molecule has 0 saturated heterocycles. The average molecular weight is 346 g/mol. The lowest BCUT2D eigenvalue weighted by molar-refractivity contribution is -0.141. The number of ether oxygens (including phenoxy) is 1. The maximum absolute atomic E-state index is 12.7. The summed E-state index contributed by atoms with van der Waals surface area (Å²) >= 11 is 6.19. The van der Waals surface area contributed by atoms with Crippen LogP contribution in [-0.2, 0) is 27.3 Å². The molecule has 4 nitrogen and oxygen atoms in total. The van der Waals surface area contributed by atoms with Gasteiger partial charge in [-0.05, 0) is 17.2 Å². The Morgan fingerprint density at radius 3 is 2.38 bits per heavy atom. The van der Waals surface area contributed by atoms with Gasteiger partial charge in [0.15, 0.2) is 0 Å². The van der Waals surface area contributed by atoms with Gasteiger partial charge in [0.2, 0.25) is 5.91 Å². The Hall–Kier alpha value is -2.33. The van der Waals surface area contributed by atoms with Crippen LogP contribution >= 0.6 is 11.6 Å². The monoisotopic (exact) mass is 345 g/mol. The highest BCUT2D eigenvalue weighted by molar-refractivity contribution is 6.31. The maximum atomic E-state index is 12.7. The fraction of sp³-hybridized carbons (Fsp3) is 0.263. The van der Waals surface area contributed by atoms with Crippen molar-refractivity contribution in [1.82, 2.24) is 4.90 Å². The van der Waals surface area contributed by atoms with Crippen molar-refractivity contribution >= 4 is 23.5 Å². The maximum Gasteiger partial charge on any atom is 0.307 e. The Balaban J connectivity index is 2.10. The van der Waals surface area contributed by atoms with E-state index in [-0.39, 0.29) is 24.7 Å². The fourth-order valence-electron chi connectivity index (χ4n) is 2.33. The van der Waals surface area contributed by atoms with E-state index in [1.807, 2.05) is 48.5 Å². The van der Waals surface area contributed by atoms with Crippen molar-refractivity contribution in [1.29, 1.82) is 0 Å². The highest BCUT2D eigenvalue weighted by Crippen LogP contribution is 2.18. The van der Waals surface area contributed by atoms with E-state index in [0.29, 0.717) is 18.1 Å². The summed E-state index contributed by atoms with van der Waals surface area (Å²) in [6.07, 6.45) is 0.438. The number of hydrogen-bond acceptors (Lipinski definition) is 3. The molecule has 0 saturated carbocycles. The van der Waals surface area contributed by atoms with Crippen LogP contribution in [0.25, 0.3) is 0 Å². The number of esters is 1. The first-order valence-electron chi connectivity index (χ1n) is 7.72. The third kappa shape index (κ3) is 5.39. The van der Waals surface area contributed by atoms with Gasteiger partial charge in [-0.25, -0.2) is 0 Å². The van der Waals surface area contributed by atoms with E-state index in [1.165, 1.54) is 7.11 Å². The number of amides is 1. The van der Waals surface area contributed by atoms with E-state index in [4.69, 9.17) is 11.6 Å². The summed E-state index contributed by atoms with van der Waals surface area (Å²) in [6.45, 7) is 0.659. The lowest BCUT2D eigenvalue weighted by atomic mass is 10.1. The van der Waals surface area contributed by atoms with E-state index in [1.54, 1.807) is 11.0 Å². The van der Waals surface area contributed by atoms with E-state index in [9.17, 15) is 9.59 Å². The minimum atomic E-state index is -0.341. The number of halogens is 1. The van der Waals surface area contributed by atoms with Crippen molar-refractivity contribution in [2.45, 2.75) is 19.4 Å².